The van der Waals surface area contributed by atoms with E-state index in [1.165, 1.54) is 42.8 Å². The first-order chi connectivity index (χ1) is 34.4. The number of hydrogen-bond donors (Lipinski definition) is 4. The van der Waals surface area contributed by atoms with Crippen LogP contribution in [0.25, 0.3) is 11.0 Å². The number of fused-ring (bicyclic) bond motifs is 2. The lowest BCUT2D eigenvalue weighted by molar-refractivity contribution is -0.384. The molecule has 2 atom stereocenters. The predicted molar refractivity (Wildman–Crippen MR) is 267 cm³/mol. The van der Waals surface area contributed by atoms with Gasteiger partial charge in [0.2, 0.25) is 0 Å². The van der Waals surface area contributed by atoms with Gasteiger partial charge >= 0.3 is 6.09 Å². The van der Waals surface area contributed by atoms with Gasteiger partial charge in [-0.15, -0.1) is 0 Å². The largest absolute Gasteiger partial charge is 0.489 e. The maximum atomic E-state index is 14.7. The number of aliphatic hydroxyl groups is 1. The fourth-order valence-electron chi connectivity index (χ4n) is 11.8. The summed E-state index contributed by atoms with van der Waals surface area (Å²) in [7, 11) is -3.32. The molecule has 3 aliphatic heterocycles. The predicted octanol–water partition coefficient (Wildman–Crippen LogP) is 8.63. The van der Waals surface area contributed by atoms with Gasteiger partial charge in [0, 0.05) is 68.8 Å². The summed E-state index contributed by atoms with van der Waals surface area (Å²) < 4.78 is 62.2. The number of aromatic amines is 1. The zero-order valence-electron chi connectivity index (χ0n) is 40.9. The first kappa shape index (κ1) is 49.1. The number of H-pyrrole nitrogens is 1. The average Bonchev–Trinajstić information content (AvgIpc) is 3.73. The van der Waals surface area contributed by atoms with Crippen LogP contribution < -0.4 is 24.4 Å². The average molecular weight is 1010 g/mol. The van der Waals surface area contributed by atoms with Gasteiger partial charge in [-0.05, 0) is 105 Å². The Kier molecular flexibility index (Phi) is 13.1. The van der Waals surface area contributed by atoms with Gasteiger partial charge in [0.15, 0.2) is 11.4 Å². The van der Waals surface area contributed by atoms with Crippen LogP contribution in [0, 0.1) is 27.3 Å². The summed E-state index contributed by atoms with van der Waals surface area (Å²) in [5, 5.41) is 26.2. The highest BCUT2D eigenvalue weighted by molar-refractivity contribution is 7.90. The molecule has 1 spiro atoms. The number of carbonyl (C=O) groups excluding carboxylic acids is 2. The molecule has 0 radical (unpaired) electrons. The third-order valence-corrected chi connectivity index (χ3v) is 17.2. The van der Waals surface area contributed by atoms with Gasteiger partial charge in [-0.25, -0.2) is 27.3 Å². The molecular weight excluding hydrogens is 948 g/mol. The summed E-state index contributed by atoms with van der Waals surface area (Å²) in [5.74, 6) is -1.18. The highest BCUT2D eigenvalue weighted by Crippen LogP contribution is 2.54. The van der Waals surface area contributed by atoms with Crippen molar-refractivity contribution < 1.29 is 46.6 Å². The number of piperidine rings is 1. The molecule has 2 aromatic heterocycles. The van der Waals surface area contributed by atoms with Gasteiger partial charge in [0.25, 0.3) is 21.6 Å². The minimum Gasteiger partial charge on any atom is -0.489 e. The second kappa shape index (κ2) is 19.2. The smallest absolute Gasteiger partial charge is 0.409 e. The second-order valence-corrected chi connectivity index (χ2v) is 22.6. The Bertz CT molecular complexity index is 3010. The minimum atomic E-state index is -4.74. The number of sulfonamides is 1. The fraction of sp³-hybridized carbons (Fsp3) is 0.481. The van der Waals surface area contributed by atoms with Crippen molar-refractivity contribution in [1.82, 2.24) is 24.5 Å². The van der Waals surface area contributed by atoms with E-state index in [0.29, 0.717) is 63.8 Å². The zero-order chi connectivity index (χ0) is 50.7. The number of anilines is 2. The number of pyridine rings is 1. The van der Waals surface area contributed by atoms with E-state index >= 15 is 0 Å². The summed E-state index contributed by atoms with van der Waals surface area (Å²) >= 11 is 0. The SMILES string of the molecule is COC(=O)N1CCN(C2CC3(CCN(c4ccc(C(=O)NS(=O)(=O)c5cc6c(c([N+](=O)[O-])c5)N[C@@H](C5CCC(C)(O)CC5)CO6)c(Oc5cnc6[nH]cc(F)c6c5)c4)CC3)C2)[C@@H](c2ccccc2C(C)C)C1. The van der Waals surface area contributed by atoms with E-state index in [1.54, 1.807) is 24.0 Å². The number of carbonyl (C=O) groups is 2. The molecule has 10 rings (SSSR count). The van der Waals surface area contributed by atoms with E-state index in [0.717, 1.165) is 50.0 Å². The van der Waals surface area contributed by atoms with Crippen molar-refractivity contribution in [2.45, 2.75) is 107 Å². The van der Waals surface area contributed by atoms with Gasteiger partial charge < -0.3 is 39.4 Å². The number of aromatic nitrogens is 2. The monoisotopic (exact) mass is 1010 g/mol. The molecule has 5 aromatic rings. The van der Waals surface area contributed by atoms with Gasteiger partial charge in [-0.1, -0.05) is 38.1 Å². The van der Waals surface area contributed by atoms with Crippen LogP contribution in [0.1, 0.15) is 106 Å². The van der Waals surface area contributed by atoms with E-state index < -0.39 is 42.9 Å². The number of ether oxygens (including phenoxy) is 3. The van der Waals surface area contributed by atoms with Crippen molar-refractivity contribution in [3.05, 3.63) is 106 Å². The van der Waals surface area contributed by atoms with Crippen molar-refractivity contribution >= 4 is 50.1 Å². The molecule has 0 bridgehead atoms. The number of methoxy groups -OCH3 is 1. The van der Waals surface area contributed by atoms with Crippen molar-refractivity contribution in [2.24, 2.45) is 11.3 Å². The first-order valence-corrected chi connectivity index (χ1v) is 26.3. The van der Waals surface area contributed by atoms with Crippen LogP contribution in [0.5, 0.6) is 17.2 Å². The number of piperazine rings is 1. The Morgan fingerprint density at radius 3 is 2.50 bits per heavy atom. The number of nitrogens with one attached hydrogen (secondary N) is 3. The lowest BCUT2D eigenvalue weighted by Gasteiger charge is -2.58. The maximum Gasteiger partial charge on any atom is 0.409 e. The molecule has 72 heavy (non-hydrogen) atoms. The molecule has 2 saturated heterocycles. The molecule has 2 amide bonds. The highest BCUT2D eigenvalue weighted by Gasteiger charge is 2.50. The van der Waals surface area contributed by atoms with Crippen molar-refractivity contribution in [1.29, 1.82) is 0 Å². The molecule has 382 valence electrons. The summed E-state index contributed by atoms with van der Waals surface area (Å²) in [6, 6.07) is 17.0. The number of halogens is 1. The summed E-state index contributed by atoms with van der Waals surface area (Å²) in [5.41, 5.74) is 2.25. The molecule has 3 aromatic carbocycles. The Labute approximate surface area is 417 Å². The Morgan fingerprint density at radius 1 is 1.03 bits per heavy atom. The normalized spacial score (nSPS) is 23.5. The minimum absolute atomic E-state index is 0.0145. The van der Waals surface area contributed by atoms with Gasteiger partial charge in [0.1, 0.15) is 29.6 Å². The van der Waals surface area contributed by atoms with Crippen LogP contribution in [-0.4, -0.2) is 114 Å². The highest BCUT2D eigenvalue weighted by atomic mass is 32.2. The van der Waals surface area contributed by atoms with E-state index in [2.05, 4.69) is 67.9 Å². The lowest BCUT2D eigenvalue weighted by Crippen LogP contribution is -2.60. The van der Waals surface area contributed by atoms with E-state index in [9.17, 15) is 37.6 Å². The molecule has 2 aliphatic carbocycles. The van der Waals surface area contributed by atoms with E-state index in [1.807, 2.05) is 0 Å². The second-order valence-electron chi connectivity index (χ2n) is 20.9. The number of amides is 2. The molecule has 20 heteroatoms. The first-order valence-electron chi connectivity index (χ1n) is 24.8. The van der Waals surface area contributed by atoms with Crippen molar-refractivity contribution in [3.63, 3.8) is 0 Å². The summed E-state index contributed by atoms with van der Waals surface area (Å²) in [6.45, 7) is 9.62. The molecular formula is C52H61FN8O10S. The molecule has 0 unspecified atom stereocenters. The molecule has 4 fully saturated rings. The van der Waals surface area contributed by atoms with Gasteiger partial charge in [0.05, 0.1) is 51.8 Å². The van der Waals surface area contributed by atoms with Crippen LogP contribution in [0.2, 0.25) is 0 Å². The van der Waals surface area contributed by atoms with Gasteiger partial charge in [-0.2, -0.15) is 0 Å². The van der Waals surface area contributed by atoms with Crippen LogP contribution >= 0.6 is 0 Å². The Morgan fingerprint density at radius 2 is 1.78 bits per heavy atom. The summed E-state index contributed by atoms with van der Waals surface area (Å²) in [4.78, 5) is 51.7. The molecule has 2 saturated carbocycles. The number of hydrogen-bond acceptors (Lipinski definition) is 14. The molecule has 5 heterocycles. The molecule has 5 aliphatic rings. The standard InChI is InChI=1S/C52H61FN8O10S/c1-31(2)37-7-5-6-8-38(37)44-29-59(50(63)69-4)19-20-60(44)34-25-52(26-34)15-17-58(18-16-52)33-9-10-39(45(21-33)71-35-22-40-41(53)28-55-48(40)54-27-35)49(62)57-72(67,68)36-23-43(61(65)66)47-46(24-36)70-30-42(56-47)32-11-13-51(3,64)14-12-32/h5-10,21-24,27-28,31-32,34,42,44,56,64H,11-20,25-26,29-30H2,1-4H3,(H,54,55)(H,57,62)/t32?,42-,44-,51?/m1/s1. The van der Waals surface area contributed by atoms with E-state index in [4.69, 9.17) is 14.2 Å². The molecule has 4 N–H and O–H groups in total. The third-order valence-electron chi connectivity index (χ3n) is 15.9. The van der Waals surface area contributed by atoms with Crippen LogP contribution in [0.3, 0.4) is 0 Å². The quantitative estimate of drug-likeness (QED) is 0.0719. The van der Waals surface area contributed by atoms with E-state index in [-0.39, 0.29) is 75.6 Å². The lowest BCUT2D eigenvalue weighted by atomic mass is 9.59. The maximum absolute atomic E-state index is 14.7. The fourth-order valence-corrected chi connectivity index (χ4v) is 12.8. The Balaban J connectivity index is 0.863. The van der Waals surface area contributed by atoms with Crippen molar-refractivity contribution in [3.8, 4) is 17.2 Å². The number of nitrogens with zero attached hydrogens (tertiary/aromatic N) is 5. The van der Waals surface area contributed by atoms with Crippen molar-refractivity contribution in [2.75, 3.05) is 56.7 Å². The number of benzene rings is 3. The number of nitro groups is 1. The summed E-state index contributed by atoms with van der Waals surface area (Å²) in [6.07, 6.45) is 8.62. The van der Waals surface area contributed by atoms with Crippen LogP contribution in [0.4, 0.5) is 26.2 Å². The zero-order valence-corrected chi connectivity index (χ0v) is 41.7. The Hall–Kier alpha value is -6.51. The number of rotatable bonds is 11. The van der Waals surface area contributed by atoms with Crippen LogP contribution in [-0.2, 0) is 14.8 Å². The third kappa shape index (κ3) is 9.63. The topological polar surface area (TPSA) is 222 Å². The molecule has 18 nitrogen and oxygen atoms in total. The van der Waals surface area contributed by atoms with Crippen LogP contribution in [0.15, 0.2) is 78.0 Å². The van der Waals surface area contributed by atoms with Gasteiger partial charge in [-0.3, -0.25) is 19.8 Å². The number of nitro benzene ring substituents is 1.